The van der Waals surface area contributed by atoms with Gasteiger partial charge in [-0.2, -0.15) is 0 Å². The highest BCUT2D eigenvalue weighted by atomic mass is 19.3. The van der Waals surface area contributed by atoms with Gasteiger partial charge >= 0.3 is 12.1 Å². The van der Waals surface area contributed by atoms with Crippen molar-refractivity contribution >= 4 is 12.1 Å². The summed E-state index contributed by atoms with van der Waals surface area (Å²) in [4.78, 5) is 27.6. The molecule has 3 atom stereocenters. The molecule has 1 amide bonds. The van der Waals surface area contributed by atoms with Crippen LogP contribution in [0.25, 0.3) is 0 Å². The lowest BCUT2D eigenvalue weighted by Gasteiger charge is -2.30. The van der Waals surface area contributed by atoms with Gasteiger partial charge in [-0.25, -0.2) is 13.6 Å². The van der Waals surface area contributed by atoms with Crippen LogP contribution in [0.2, 0.25) is 0 Å². The van der Waals surface area contributed by atoms with Crippen LogP contribution in [-0.2, 0) is 20.9 Å². The SMILES string of the molecule is CC(CN1CC[C@H]2[C@@H]1C(F)(F)CN2C(=O)OCc1ccccc1)C(=O)OC(C)(C)C. The quantitative estimate of drug-likeness (QED) is 0.675. The minimum atomic E-state index is -3.07. The molecule has 1 aromatic carbocycles. The Morgan fingerprint density at radius 3 is 2.53 bits per heavy atom. The third-order valence-corrected chi connectivity index (χ3v) is 5.44. The summed E-state index contributed by atoms with van der Waals surface area (Å²) in [5.74, 6) is -4.02. The summed E-state index contributed by atoms with van der Waals surface area (Å²) in [5, 5.41) is 0. The third-order valence-electron chi connectivity index (χ3n) is 5.44. The summed E-state index contributed by atoms with van der Waals surface area (Å²) in [6.45, 7) is 6.92. The van der Waals surface area contributed by atoms with Gasteiger partial charge in [0.15, 0.2) is 0 Å². The van der Waals surface area contributed by atoms with Gasteiger partial charge in [0.2, 0.25) is 0 Å². The Morgan fingerprint density at radius 2 is 1.90 bits per heavy atom. The molecule has 2 fully saturated rings. The molecule has 2 saturated heterocycles. The molecule has 3 rings (SSSR count). The molecule has 2 heterocycles. The van der Waals surface area contributed by atoms with E-state index in [9.17, 15) is 18.4 Å². The normalized spacial score (nSPS) is 24.4. The Hall–Kier alpha value is -2.22. The van der Waals surface area contributed by atoms with Crippen molar-refractivity contribution in [3.05, 3.63) is 35.9 Å². The van der Waals surface area contributed by atoms with E-state index in [4.69, 9.17) is 9.47 Å². The number of amides is 1. The Kier molecular flexibility index (Phi) is 6.36. The maximum Gasteiger partial charge on any atom is 0.410 e. The first-order valence-corrected chi connectivity index (χ1v) is 10.3. The first-order valence-electron chi connectivity index (χ1n) is 10.3. The molecule has 0 saturated carbocycles. The van der Waals surface area contributed by atoms with Crippen LogP contribution in [0.15, 0.2) is 30.3 Å². The first kappa shape index (κ1) is 22.5. The van der Waals surface area contributed by atoms with Crippen molar-refractivity contribution in [2.75, 3.05) is 19.6 Å². The van der Waals surface area contributed by atoms with Crippen LogP contribution in [0.5, 0.6) is 0 Å². The van der Waals surface area contributed by atoms with Crippen LogP contribution >= 0.6 is 0 Å². The van der Waals surface area contributed by atoms with Gasteiger partial charge < -0.3 is 9.47 Å². The van der Waals surface area contributed by atoms with Gasteiger partial charge in [-0.1, -0.05) is 37.3 Å². The number of esters is 1. The van der Waals surface area contributed by atoms with Crippen LogP contribution in [0.4, 0.5) is 13.6 Å². The lowest BCUT2D eigenvalue weighted by molar-refractivity contribution is -0.160. The maximum absolute atomic E-state index is 14.8. The molecule has 8 heteroatoms. The third kappa shape index (κ3) is 5.09. The maximum atomic E-state index is 14.8. The fraction of sp³-hybridized carbons (Fsp3) is 0.636. The molecule has 6 nitrogen and oxygen atoms in total. The van der Waals surface area contributed by atoms with Crippen molar-refractivity contribution in [3.8, 4) is 0 Å². The number of carbonyl (C=O) groups is 2. The number of carbonyl (C=O) groups excluding carboxylic acids is 2. The second kappa shape index (κ2) is 8.49. The zero-order valence-electron chi connectivity index (χ0n) is 17.9. The predicted molar refractivity (Wildman–Crippen MR) is 107 cm³/mol. The van der Waals surface area contributed by atoms with Crippen molar-refractivity contribution in [2.45, 2.75) is 64.3 Å². The average Bonchev–Trinajstić information content (AvgIpc) is 3.19. The Balaban J connectivity index is 1.62. The molecule has 1 unspecified atom stereocenters. The highest BCUT2D eigenvalue weighted by molar-refractivity contribution is 5.72. The van der Waals surface area contributed by atoms with Crippen LogP contribution in [0, 0.1) is 5.92 Å². The molecule has 0 spiro atoms. The van der Waals surface area contributed by atoms with Gasteiger partial charge in [-0.3, -0.25) is 14.6 Å². The Bertz CT molecular complexity index is 766. The van der Waals surface area contributed by atoms with Crippen LogP contribution < -0.4 is 0 Å². The highest BCUT2D eigenvalue weighted by Crippen LogP contribution is 2.42. The number of likely N-dealkylation sites (tertiary alicyclic amines) is 2. The highest BCUT2D eigenvalue weighted by Gasteiger charge is 2.61. The number of hydrogen-bond acceptors (Lipinski definition) is 5. The lowest BCUT2D eigenvalue weighted by Crippen LogP contribution is -2.47. The van der Waals surface area contributed by atoms with Crippen LogP contribution in [0.1, 0.15) is 39.7 Å². The molecular weight excluding hydrogens is 394 g/mol. The number of benzene rings is 1. The largest absolute Gasteiger partial charge is 0.460 e. The Morgan fingerprint density at radius 1 is 1.23 bits per heavy atom. The molecule has 0 aromatic heterocycles. The summed E-state index contributed by atoms with van der Waals surface area (Å²) in [6.07, 6.45) is -0.310. The molecule has 30 heavy (non-hydrogen) atoms. The van der Waals surface area contributed by atoms with E-state index in [1.54, 1.807) is 32.6 Å². The van der Waals surface area contributed by atoms with Crippen molar-refractivity contribution in [1.29, 1.82) is 0 Å². The number of alkyl halides is 2. The minimum Gasteiger partial charge on any atom is -0.460 e. The minimum absolute atomic E-state index is 0.0402. The molecular formula is C22H30F2N2O4. The smallest absolute Gasteiger partial charge is 0.410 e. The van der Waals surface area contributed by atoms with E-state index in [-0.39, 0.29) is 13.2 Å². The van der Waals surface area contributed by atoms with Gasteiger partial charge in [0.25, 0.3) is 5.92 Å². The van der Waals surface area contributed by atoms with E-state index in [2.05, 4.69) is 0 Å². The topological polar surface area (TPSA) is 59.1 Å². The molecule has 0 N–H and O–H groups in total. The van der Waals surface area contributed by atoms with E-state index in [0.717, 1.165) is 10.5 Å². The Labute approximate surface area is 176 Å². The van der Waals surface area contributed by atoms with Gasteiger partial charge in [0, 0.05) is 13.1 Å². The second-order valence-electron chi connectivity index (χ2n) is 9.16. The van der Waals surface area contributed by atoms with E-state index in [1.807, 2.05) is 30.3 Å². The fourth-order valence-electron chi connectivity index (χ4n) is 4.19. The summed E-state index contributed by atoms with van der Waals surface area (Å²) < 4.78 is 40.3. The van der Waals surface area contributed by atoms with Crippen molar-refractivity contribution in [3.63, 3.8) is 0 Å². The fourth-order valence-corrected chi connectivity index (χ4v) is 4.19. The monoisotopic (exact) mass is 424 g/mol. The number of nitrogens with zero attached hydrogens (tertiary/aromatic N) is 2. The summed E-state index contributed by atoms with van der Waals surface area (Å²) in [6, 6.07) is 7.37. The summed E-state index contributed by atoms with van der Waals surface area (Å²) >= 11 is 0. The number of ether oxygens (including phenoxy) is 2. The van der Waals surface area contributed by atoms with Gasteiger partial charge in [0.05, 0.1) is 24.5 Å². The zero-order valence-corrected chi connectivity index (χ0v) is 17.9. The molecule has 2 aliphatic rings. The molecule has 166 valence electrons. The lowest BCUT2D eigenvalue weighted by atomic mass is 10.1. The standard InChI is InChI=1S/C22H30F2N2O4/c1-15(19(27)30-21(2,3)4)12-25-11-10-17-18(25)22(23,24)14-26(17)20(28)29-13-16-8-6-5-7-9-16/h5-9,15,17-18H,10-14H2,1-4H3/t15?,17-,18+/m0/s1. The number of hydrogen-bond donors (Lipinski definition) is 0. The molecule has 0 aliphatic carbocycles. The number of fused-ring (bicyclic) bond motifs is 1. The summed E-state index contributed by atoms with van der Waals surface area (Å²) in [7, 11) is 0. The van der Waals surface area contributed by atoms with Gasteiger partial charge in [-0.15, -0.1) is 0 Å². The van der Waals surface area contributed by atoms with E-state index >= 15 is 0 Å². The van der Waals surface area contributed by atoms with E-state index < -0.39 is 48.1 Å². The number of halogens is 2. The predicted octanol–water partition coefficient (Wildman–Crippen LogP) is 3.69. The van der Waals surface area contributed by atoms with Crippen LogP contribution in [-0.4, -0.2) is 65.1 Å². The first-order chi connectivity index (χ1) is 14.0. The molecule has 1 aromatic rings. The van der Waals surface area contributed by atoms with Crippen molar-refractivity contribution < 1.29 is 27.8 Å². The van der Waals surface area contributed by atoms with Crippen LogP contribution in [0.3, 0.4) is 0 Å². The van der Waals surface area contributed by atoms with E-state index in [0.29, 0.717) is 13.0 Å². The number of rotatable bonds is 5. The van der Waals surface area contributed by atoms with Crippen molar-refractivity contribution in [1.82, 2.24) is 9.80 Å². The van der Waals surface area contributed by atoms with Crippen molar-refractivity contribution in [2.24, 2.45) is 5.92 Å². The van der Waals surface area contributed by atoms with Gasteiger partial charge in [-0.05, 0) is 32.8 Å². The molecule has 2 aliphatic heterocycles. The van der Waals surface area contributed by atoms with E-state index in [1.165, 1.54) is 0 Å². The summed E-state index contributed by atoms with van der Waals surface area (Å²) in [5.41, 5.74) is 0.169. The van der Waals surface area contributed by atoms with Gasteiger partial charge in [0.1, 0.15) is 12.2 Å². The molecule has 0 radical (unpaired) electrons. The second-order valence-corrected chi connectivity index (χ2v) is 9.16. The average molecular weight is 424 g/mol. The molecule has 0 bridgehead atoms. The zero-order chi connectivity index (χ0) is 22.1.